The van der Waals surface area contributed by atoms with E-state index in [4.69, 9.17) is 0 Å². The number of thioether (sulfide) groups is 1. The molecule has 0 unspecified atom stereocenters. The van der Waals surface area contributed by atoms with Crippen molar-refractivity contribution in [1.82, 2.24) is 0 Å². The normalized spacial score (nSPS) is 10.3. The summed E-state index contributed by atoms with van der Waals surface area (Å²) in [5.41, 5.74) is 2.32. The summed E-state index contributed by atoms with van der Waals surface area (Å²) in [6.07, 6.45) is 0.527. The summed E-state index contributed by atoms with van der Waals surface area (Å²) in [5, 5.41) is 0. The van der Waals surface area contributed by atoms with E-state index in [1.807, 2.05) is 42.5 Å². The SMILES string of the molecule is Cc1cccc(SCC(=O)Cc2ccccc2)c1. The van der Waals surface area contributed by atoms with E-state index in [1.165, 1.54) is 5.56 Å². The third-order valence-electron chi connectivity index (χ3n) is 2.63. The van der Waals surface area contributed by atoms with E-state index in [0.29, 0.717) is 12.2 Å². The van der Waals surface area contributed by atoms with E-state index in [9.17, 15) is 4.79 Å². The van der Waals surface area contributed by atoms with Crippen LogP contribution in [0.25, 0.3) is 0 Å². The van der Waals surface area contributed by atoms with Crippen molar-refractivity contribution < 1.29 is 4.79 Å². The molecule has 2 heteroatoms. The van der Waals surface area contributed by atoms with Crippen molar-refractivity contribution in [2.24, 2.45) is 0 Å². The van der Waals surface area contributed by atoms with Crippen molar-refractivity contribution in [2.75, 3.05) is 5.75 Å². The standard InChI is InChI=1S/C16H16OS/c1-13-6-5-9-16(10-13)18-12-15(17)11-14-7-3-2-4-8-14/h2-10H,11-12H2,1H3. The molecule has 0 aliphatic rings. The molecule has 0 fully saturated rings. The minimum absolute atomic E-state index is 0.271. The fourth-order valence-corrected chi connectivity index (χ4v) is 2.62. The lowest BCUT2D eigenvalue weighted by Gasteiger charge is -2.03. The Morgan fingerprint density at radius 1 is 1.06 bits per heavy atom. The Balaban J connectivity index is 1.85. The molecule has 0 aliphatic heterocycles. The number of benzene rings is 2. The first-order valence-corrected chi connectivity index (χ1v) is 6.98. The van der Waals surface area contributed by atoms with Gasteiger partial charge in [0.25, 0.3) is 0 Å². The van der Waals surface area contributed by atoms with Crippen LogP contribution in [0, 0.1) is 6.92 Å². The molecule has 0 saturated carbocycles. The second-order valence-corrected chi connectivity index (χ2v) is 5.35. The second-order valence-electron chi connectivity index (χ2n) is 4.31. The van der Waals surface area contributed by atoms with Gasteiger partial charge in [0.05, 0.1) is 5.75 Å². The highest BCUT2D eigenvalue weighted by molar-refractivity contribution is 8.00. The lowest BCUT2D eigenvalue weighted by molar-refractivity contribution is -0.116. The molecule has 1 nitrogen and oxygen atoms in total. The van der Waals surface area contributed by atoms with Gasteiger partial charge in [-0.05, 0) is 24.6 Å². The smallest absolute Gasteiger partial charge is 0.147 e. The van der Waals surface area contributed by atoms with Gasteiger partial charge in [-0.25, -0.2) is 0 Å². The van der Waals surface area contributed by atoms with Gasteiger partial charge in [0, 0.05) is 11.3 Å². The number of carbonyl (C=O) groups is 1. The largest absolute Gasteiger partial charge is 0.298 e. The lowest BCUT2D eigenvalue weighted by Crippen LogP contribution is -2.05. The zero-order chi connectivity index (χ0) is 12.8. The van der Waals surface area contributed by atoms with Crippen LogP contribution in [0.4, 0.5) is 0 Å². The quantitative estimate of drug-likeness (QED) is 0.755. The zero-order valence-corrected chi connectivity index (χ0v) is 11.2. The molecule has 2 rings (SSSR count). The van der Waals surface area contributed by atoms with Gasteiger partial charge >= 0.3 is 0 Å². The molecule has 2 aromatic carbocycles. The molecule has 0 aliphatic carbocycles. The van der Waals surface area contributed by atoms with E-state index in [0.717, 1.165) is 10.5 Å². The average molecular weight is 256 g/mol. The zero-order valence-electron chi connectivity index (χ0n) is 10.4. The van der Waals surface area contributed by atoms with Crippen LogP contribution < -0.4 is 0 Å². The molecular formula is C16H16OS. The number of hydrogen-bond donors (Lipinski definition) is 0. The van der Waals surface area contributed by atoms with Crippen LogP contribution in [-0.4, -0.2) is 11.5 Å². The predicted octanol–water partition coefficient (Wildman–Crippen LogP) is 3.90. The maximum absolute atomic E-state index is 11.8. The Kier molecular flexibility index (Phi) is 4.59. The van der Waals surface area contributed by atoms with Crippen molar-refractivity contribution >= 4 is 17.5 Å². The summed E-state index contributed by atoms with van der Waals surface area (Å²) in [7, 11) is 0. The maximum atomic E-state index is 11.8. The minimum Gasteiger partial charge on any atom is -0.298 e. The number of Topliss-reactive ketones (excluding diaryl/α,β-unsaturated/α-hetero) is 1. The number of aryl methyl sites for hydroxylation is 1. The third kappa shape index (κ3) is 4.04. The molecule has 0 spiro atoms. The summed E-state index contributed by atoms with van der Waals surface area (Å²) in [6.45, 7) is 2.07. The summed E-state index contributed by atoms with van der Waals surface area (Å²) >= 11 is 1.61. The Morgan fingerprint density at radius 3 is 2.56 bits per heavy atom. The van der Waals surface area contributed by atoms with Crippen molar-refractivity contribution in [3.05, 3.63) is 65.7 Å². The van der Waals surface area contributed by atoms with Crippen LogP contribution >= 0.6 is 11.8 Å². The number of hydrogen-bond acceptors (Lipinski definition) is 2. The summed E-state index contributed by atoms with van der Waals surface area (Å²) in [6, 6.07) is 18.1. The first kappa shape index (κ1) is 12.9. The van der Waals surface area contributed by atoms with Gasteiger partial charge in [-0.15, -0.1) is 11.8 Å². The summed E-state index contributed by atoms with van der Waals surface area (Å²) in [5.74, 6) is 0.811. The molecule has 0 N–H and O–H groups in total. The average Bonchev–Trinajstić information content (AvgIpc) is 2.38. The molecule has 18 heavy (non-hydrogen) atoms. The van der Waals surface area contributed by atoms with Crippen LogP contribution in [0.3, 0.4) is 0 Å². The van der Waals surface area contributed by atoms with Gasteiger partial charge in [0.2, 0.25) is 0 Å². The van der Waals surface area contributed by atoms with Crippen LogP contribution in [-0.2, 0) is 11.2 Å². The Hall–Kier alpha value is -1.54. The number of rotatable bonds is 5. The van der Waals surface area contributed by atoms with E-state index in [1.54, 1.807) is 11.8 Å². The van der Waals surface area contributed by atoms with Gasteiger partial charge in [0.1, 0.15) is 5.78 Å². The van der Waals surface area contributed by atoms with Crippen LogP contribution in [0.5, 0.6) is 0 Å². The topological polar surface area (TPSA) is 17.1 Å². The highest BCUT2D eigenvalue weighted by atomic mass is 32.2. The van der Waals surface area contributed by atoms with Crippen molar-refractivity contribution in [2.45, 2.75) is 18.2 Å². The van der Waals surface area contributed by atoms with Crippen LogP contribution in [0.1, 0.15) is 11.1 Å². The Labute approximate surface area is 112 Å². The molecule has 2 aromatic rings. The van der Waals surface area contributed by atoms with Gasteiger partial charge in [-0.3, -0.25) is 4.79 Å². The van der Waals surface area contributed by atoms with E-state index in [-0.39, 0.29) is 5.78 Å². The van der Waals surface area contributed by atoms with Crippen molar-refractivity contribution in [3.8, 4) is 0 Å². The van der Waals surface area contributed by atoms with Gasteiger partial charge in [-0.1, -0.05) is 48.0 Å². The third-order valence-corrected chi connectivity index (χ3v) is 3.69. The molecule has 0 heterocycles. The van der Waals surface area contributed by atoms with Crippen LogP contribution in [0.15, 0.2) is 59.5 Å². The van der Waals surface area contributed by atoms with Gasteiger partial charge in [0.15, 0.2) is 0 Å². The number of ketones is 1. The monoisotopic (exact) mass is 256 g/mol. The summed E-state index contributed by atoms with van der Waals surface area (Å²) in [4.78, 5) is 13.0. The van der Waals surface area contributed by atoms with E-state index >= 15 is 0 Å². The molecule has 0 radical (unpaired) electrons. The van der Waals surface area contributed by atoms with Gasteiger partial charge < -0.3 is 0 Å². The van der Waals surface area contributed by atoms with Crippen molar-refractivity contribution in [1.29, 1.82) is 0 Å². The second kappa shape index (κ2) is 6.41. The Bertz CT molecular complexity index is 520. The summed E-state index contributed by atoms with van der Waals surface area (Å²) < 4.78 is 0. The molecule has 0 bridgehead atoms. The molecular weight excluding hydrogens is 240 g/mol. The minimum atomic E-state index is 0.271. The number of carbonyl (C=O) groups excluding carboxylic acids is 1. The van der Waals surface area contributed by atoms with E-state index < -0.39 is 0 Å². The molecule has 92 valence electrons. The fraction of sp³-hybridized carbons (Fsp3) is 0.188. The first-order valence-electron chi connectivity index (χ1n) is 5.99. The molecule has 0 saturated heterocycles. The highest BCUT2D eigenvalue weighted by Crippen LogP contribution is 2.19. The fourth-order valence-electron chi connectivity index (χ4n) is 1.74. The van der Waals surface area contributed by atoms with Gasteiger partial charge in [-0.2, -0.15) is 0 Å². The first-order chi connectivity index (χ1) is 8.74. The highest BCUT2D eigenvalue weighted by Gasteiger charge is 2.04. The molecule has 0 amide bonds. The maximum Gasteiger partial charge on any atom is 0.147 e. The Morgan fingerprint density at radius 2 is 1.83 bits per heavy atom. The lowest BCUT2D eigenvalue weighted by atomic mass is 10.1. The van der Waals surface area contributed by atoms with E-state index in [2.05, 4.69) is 19.1 Å². The predicted molar refractivity (Wildman–Crippen MR) is 77.1 cm³/mol. The molecule has 0 atom stereocenters. The molecule has 0 aromatic heterocycles. The van der Waals surface area contributed by atoms with Crippen LogP contribution in [0.2, 0.25) is 0 Å². The van der Waals surface area contributed by atoms with Crippen molar-refractivity contribution in [3.63, 3.8) is 0 Å².